The molecule has 1 heterocycles. The van der Waals surface area contributed by atoms with Crippen molar-refractivity contribution in [3.63, 3.8) is 0 Å². The average Bonchev–Trinajstić information content (AvgIpc) is 2.53. The van der Waals surface area contributed by atoms with E-state index < -0.39 is 0 Å². The van der Waals surface area contributed by atoms with Gasteiger partial charge in [-0.25, -0.2) is 4.39 Å². The summed E-state index contributed by atoms with van der Waals surface area (Å²) in [6.07, 6.45) is 3.09. The third-order valence-electron chi connectivity index (χ3n) is 4.71. The van der Waals surface area contributed by atoms with Gasteiger partial charge in [0, 0.05) is 12.6 Å². The molecular formula is C20H32FN3O. The van der Waals surface area contributed by atoms with Crippen LogP contribution in [0.5, 0.6) is 0 Å². The number of carbonyl (C=O) groups is 1. The van der Waals surface area contributed by atoms with Crippen molar-refractivity contribution in [1.82, 2.24) is 15.5 Å². The number of piperidine rings is 1. The van der Waals surface area contributed by atoms with Gasteiger partial charge in [-0.2, -0.15) is 0 Å². The number of nitrogens with one attached hydrogen (secondary N) is 2. The third kappa shape index (κ3) is 6.75. The van der Waals surface area contributed by atoms with Crippen LogP contribution in [0.1, 0.15) is 51.6 Å². The quantitative estimate of drug-likeness (QED) is 0.829. The molecule has 1 aliphatic heterocycles. The largest absolute Gasteiger partial charge is 0.348 e. The summed E-state index contributed by atoms with van der Waals surface area (Å²) in [6, 6.07) is 6.81. The Kier molecular flexibility index (Phi) is 6.96. The first-order chi connectivity index (χ1) is 11.8. The highest BCUT2D eigenvalue weighted by Crippen LogP contribution is 2.29. The molecule has 2 rings (SSSR count). The molecular weight excluding hydrogens is 317 g/mol. The Morgan fingerprint density at radius 1 is 1.32 bits per heavy atom. The van der Waals surface area contributed by atoms with Gasteiger partial charge in [-0.3, -0.25) is 9.69 Å². The maximum atomic E-state index is 13.2. The van der Waals surface area contributed by atoms with Gasteiger partial charge in [0.1, 0.15) is 5.82 Å². The second-order valence-corrected chi connectivity index (χ2v) is 8.30. The minimum atomic E-state index is -0.254. The number of hydrogen-bond donors (Lipinski definition) is 2. The molecule has 0 bridgehead atoms. The highest BCUT2D eigenvalue weighted by atomic mass is 19.1. The number of likely N-dealkylation sites (N-methyl/N-ethyl adjacent to an activating group) is 1. The van der Waals surface area contributed by atoms with Gasteiger partial charge in [-0.1, -0.05) is 32.9 Å². The number of benzene rings is 1. The molecule has 5 heteroatoms. The molecule has 0 spiro atoms. The van der Waals surface area contributed by atoms with Crippen LogP contribution in [0.2, 0.25) is 0 Å². The lowest BCUT2D eigenvalue weighted by molar-refractivity contribution is -0.123. The number of rotatable bonds is 6. The maximum absolute atomic E-state index is 13.2. The van der Waals surface area contributed by atoms with Gasteiger partial charge in [0.2, 0.25) is 5.91 Å². The summed E-state index contributed by atoms with van der Waals surface area (Å²) in [6.45, 7) is 8.74. The van der Waals surface area contributed by atoms with E-state index in [-0.39, 0.29) is 23.2 Å². The van der Waals surface area contributed by atoms with E-state index in [1.165, 1.54) is 12.1 Å². The normalized spacial score (nSPS) is 20.3. The van der Waals surface area contributed by atoms with E-state index in [4.69, 9.17) is 0 Å². The fourth-order valence-corrected chi connectivity index (χ4v) is 3.44. The highest BCUT2D eigenvalue weighted by molar-refractivity contribution is 5.78. The van der Waals surface area contributed by atoms with Gasteiger partial charge in [-0.05, 0) is 56.0 Å². The second-order valence-electron chi connectivity index (χ2n) is 8.30. The van der Waals surface area contributed by atoms with Crippen molar-refractivity contribution in [3.05, 3.63) is 35.6 Å². The van der Waals surface area contributed by atoms with Crippen LogP contribution in [0.15, 0.2) is 24.3 Å². The first-order valence-corrected chi connectivity index (χ1v) is 9.21. The number of likely N-dealkylation sites (tertiary alicyclic amines) is 1. The summed E-state index contributed by atoms with van der Waals surface area (Å²) in [7, 11) is 1.97. The zero-order chi connectivity index (χ0) is 18.4. The number of nitrogens with zero attached hydrogens (tertiary/aromatic N) is 1. The summed E-state index contributed by atoms with van der Waals surface area (Å²) in [5, 5.41) is 6.47. The van der Waals surface area contributed by atoms with Gasteiger partial charge < -0.3 is 10.6 Å². The van der Waals surface area contributed by atoms with Gasteiger partial charge in [-0.15, -0.1) is 0 Å². The number of hydrogen-bond acceptors (Lipinski definition) is 3. The van der Waals surface area contributed by atoms with Crippen molar-refractivity contribution in [2.45, 2.75) is 52.1 Å². The third-order valence-corrected chi connectivity index (χ3v) is 4.71. The first-order valence-electron chi connectivity index (χ1n) is 9.21. The van der Waals surface area contributed by atoms with Crippen molar-refractivity contribution < 1.29 is 9.18 Å². The molecule has 1 fully saturated rings. The molecule has 0 saturated carbocycles. The van der Waals surface area contributed by atoms with Gasteiger partial charge in [0.05, 0.1) is 12.6 Å². The molecule has 140 valence electrons. The topological polar surface area (TPSA) is 44.4 Å². The minimum absolute atomic E-state index is 0.0373. The van der Waals surface area contributed by atoms with E-state index in [1.807, 2.05) is 7.05 Å². The Morgan fingerprint density at radius 3 is 2.60 bits per heavy atom. The zero-order valence-electron chi connectivity index (χ0n) is 15.9. The van der Waals surface area contributed by atoms with E-state index in [2.05, 4.69) is 36.3 Å². The Hall–Kier alpha value is -1.46. The van der Waals surface area contributed by atoms with Crippen LogP contribution in [0.25, 0.3) is 0 Å². The lowest BCUT2D eigenvalue weighted by Crippen LogP contribution is -2.48. The van der Waals surface area contributed by atoms with E-state index >= 15 is 0 Å². The van der Waals surface area contributed by atoms with Crippen LogP contribution in [0.3, 0.4) is 0 Å². The Bertz CT molecular complexity index is 553. The molecule has 25 heavy (non-hydrogen) atoms. The molecule has 1 saturated heterocycles. The smallest absolute Gasteiger partial charge is 0.234 e. The summed E-state index contributed by atoms with van der Waals surface area (Å²) in [5.41, 5.74) is 1.02. The molecule has 1 aromatic carbocycles. The van der Waals surface area contributed by atoms with Crippen molar-refractivity contribution in [3.8, 4) is 0 Å². The number of halogens is 1. The van der Waals surface area contributed by atoms with E-state index in [1.54, 1.807) is 12.1 Å². The summed E-state index contributed by atoms with van der Waals surface area (Å²) < 4.78 is 13.2. The molecule has 2 N–H and O–H groups in total. The monoisotopic (exact) mass is 349 g/mol. The van der Waals surface area contributed by atoms with Crippen LogP contribution in [-0.4, -0.2) is 43.5 Å². The molecule has 1 aromatic rings. The summed E-state index contributed by atoms with van der Waals surface area (Å²) in [5.74, 6) is -0.216. The predicted molar refractivity (Wildman–Crippen MR) is 99.9 cm³/mol. The van der Waals surface area contributed by atoms with Gasteiger partial charge >= 0.3 is 0 Å². The fourth-order valence-electron chi connectivity index (χ4n) is 3.44. The average molecular weight is 349 g/mol. The minimum Gasteiger partial charge on any atom is -0.348 e. The first kappa shape index (κ1) is 19.9. The Morgan fingerprint density at radius 2 is 2.00 bits per heavy atom. The number of carbonyl (C=O) groups excluding carboxylic acids is 1. The molecule has 0 radical (unpaired) electrons. The molecule has 4 nitrogen and oxygen atoms in total. The maximum Gasteiger partial charge on any atom is 0.234 e. The Balaban J connectivity index is 2.00. The lowest BCUT2D eigenvalue weighted by Gasteiger charge is -2.33. The molecule has 0 aromatic heterocycles. The van der Waals surface area contributed by atoms with Crippen LogP contribution in [-0.2, 0) is 4.79 Å². The highest BCUT2D eigenvalue weighted by Gasteiger charge is 2.24. The van der Waals surface area contributed by atoms with Crippen LogP contribution in [0, 0.1) is 11.2 Å². The van der Waals surface area contributed by atoms with Gasteiger partial charge in [0.25, 0.3) is 0 Å². The van der Waals surface area contributed by atoms with Crippen LogP contribution >= 0.6 is 0 Å². The SMILES string of the molecule is CNC1CCCN(CC(=O)NC(CC(C)(C)C)c2ccc(F)cc2)C1. The number of amides is 1. The van der Waals surface area contributed by atoms with Crippen molar-refractivity contribution in [1.29, 1.82) is 0 Å². The van der Waals surface area contributed by atoms with Gasteiger partial charge in [0.15, 0.2) is 0 Å². The second kappa shape index (κ2) is 8.77. The van der Waals surface area contributed by atoms with Crippen molar-refractivity contribution >= 4 is 5.91 Å². The molecule has 2 atom stereocenters. The standard InChI is InChI=1S/C20H32FN3O/c1-20(2,3)12-18(15-7-9-16(21)10-8-15)23-19(25)14-24-11-5-6-17(13-24)22-4/h7-10,17-18,22H,5-6,11-14H2,1-4H3,(H,23,25). The molecule has 0 aliphatic carbocycles. The zero-order valence-corrected chi connectivity index (χ0v) is 15.9. The van der Waals surface area contributed by atoms with Crippen molar-refractivity contribution in [2.75, 3.05) is 26.7 Å². The Labute approximate surface area is 151 Å². The van der Waals surface area contributed by atoms with Crippen LogP contribution in [0.4, 0.5) is 4.39 Å². The van der Waals surface area contributed by atoms with E-state index in [0.717, 1.165) is 37.9 Å². The molecule has 1 aliphatic rings. The molecule has 2 unspecified atom stereocenters. The van der Waals surface area contributed by atoms with Crippen LogP contribution < -0.4 is 10.6 Å². The fraction of sp³-hybridized carbons (Fsp3) is 0.650. The van der Waals surface area contributed by atoms with E-state index in [9.17, 15) is 9.18 Å². The predicted octanol–water partition coefficient (Wildman–Crippen LogP) is 3.10. The van der Waals surface area contributed by atoms with Crippen molar-refractivity contribution in [2.24, 2.45) is 5.41 Å². The summed E-state index contributed by atoms with van der Waals surface area (Å²) in [4.78, 5) is 14.8. The lowest BCUT2D eigenvalue weighted by atomic mass is 9.85. The summed E-state index contributed by atoms with van der Waals surface area (Å²) >= 11 is 0. The molecule has 1 amide bonds. The van der Waals surface area contributed by atoms with E-state index in [0.29, 0.717) is 12.6 Å².